The molecule has 60 valence electrons. The van der Waals surface area contributed by atoms with Crippen LogP contribution in [0.5, 0.6) is 0 Å². The van der Waals surface area contributed by atoms with Gasteiger partial charge in [-0.05, 0) is 0 Å². The Kier molecular flexibility index (Phi) is 3.56. The summed E-state index contributed by atoms with van der Waals surface area (Å²) in [6, 6.07) is 6.09. The van der Waals surface area contributed by atoms with Gasteiger partial charge in [-0.25, -0.2) is 0 Å². The van der Waals surface area contributed by atoms with Crippen molar-refractivity contribution in [3.8, 4) is 0 Å². The Hall–Kier alpha value is 0.629. The summed E-state index contributed by atoms with van der Waals surface area (Å²) in [5, 5.41) is 0.858. The molecule has 0 aliphatic carbocycles. The van der Waals surface area contributed by atoms with E-state index in [-0.39, 0.29) is 12.4 Å². The third kappa shape index (κ3) is 2.05. The fourth-order valence-electron chi connectivity index (χ4n) is 0.805. The monoisotopic (exact) mass is 273 g/mol. The predicted octanol–water partition coefficient (Wildman–Crippen LogP) is -2.55. The second-order valence-corrected chi connectivity index (χ2v) is 6.19. The summed E-state index contributed by atoms with van der Waals surface area (Å²) in [5.41, 5.74) is 1.36. The van der Waals surface area contributed by atoms with Crippen LogP contribution in [0.1, 0.15) is 0 Å². The number of halogens is 2. The van der Waals surface area contributed by atoms with Gasteiger partial charge in [0.25, 0.3) is 0 Å². The zero-order valence-corrected chi connectivity index (χ0v) is 9.42. The minimum atomic E-state index is 0. The summed E-state index contributed by atoms with van der Waals surface area (Å²) in [7, 11) is 1.89. The zero-order valence-electron chi connectivity index (χ0n) is 5.38. The Balaban J connectivity index is 0.000000605. The van der Waals surface area contributed by atoms with Crippen LogP contribution in [-0.4, -0.2) is 13.8 Å². The summed E-state index contributed by atoms with van der Waals surface area (Å²) >= 11 is 6.38. The molecule has 1 aromatic rings. The van der Waals surface area contributed by atoms with Crippen LogP contribution < -0.4 is 21.6 Å². The third-order valence-corrected chi connectivity index (χ3v) is 5.23. The second-order valence-electron chi connectivity index (χ2n) is 1.98. The number of quaternary nitrogens is 1. The van der Waals surface area contributed by atoms with Crippen molar-refractivity contribution in [2.24, 2.45) is 0 Å². The SMILES string of the molecule is Clc1ccc2c(c1)[Se]S[NH2+]2.[Cl-]. The summed E-state index contributed by atoms with van der Waals surface area (Å²) in [5.74, 6) is 0. The molecule has 1 aliphatic rings. The summed E-state index contributed by atoms with van der Waals surface area (Å²) in [6.07, 6.45) is 0. The Bertz CT molecular complexity index is 269. The van der Waals surface area contributed by atoms with Gasteiger partial charge in [0.1, 0.15) is 0 Å². The van der Waals surface area contributed by atoms with Crippen molar-refractivity contribution in [2.75, 3.05) is 0 Å². The van der Waals surface area contributed by atoms with E-state index in [2.05, 4.69) is 16.9 Å². The van der Waals surface area contributed by atoms with Crippen molar-refractivity contribution >= 4 is 46.0 Å². The number of rotatable bonds is 0. The van der Waals surface area contributed by atoms with Gasteiger partial charge in [0.2, 0.25) is 0 Å². The zero-order chi connectivity index (χ0) is 6.97. The van der Waals surface area contributed by atoms with Crippen LogP contribution in [0.3, 0.4) is 0 Å². The van der Waals surface area contributed by atoms with Crippen LogP contribution in [0.2, 0.25) is 5.02 Å². The molecule has 0 atom stereocenters. The largest absolute Gasteiger partial charge is 1.00 e. The first-order valence-electron chi connectivity index (χ1n) is 2.82. The minimum absolute atomic E-state index is 0. The predicted molar refractivity (Wildman–Crippen MR) is 46.0 cm³/mol. The molecule has 0 saturated carbocycles. The first-order chi connectivity index (χ1) is 4.86. The van der Waals surface area contributed by atoms with E-state index in [1.54, 1.807) is 0 Å². The molecule has 0 radical (unpaired) electrons. The molecule has 2 rings (SSSR count). The average Bonchev–Trinajstić information content (AvgIpc) is 2.33. The molecule has 2 N–H and O–H groups in total. The summed E-state index contributed by atoms with van der Waals surface area (Å²) < 4.78 is 3.62. The van der Waals surface area contributed by atoms with Gasteiger partial charge in [0.05, 0.1) is 0 Å². The van der Waals surface area contributed by atoms with Gasteiger partial charge in [0.15, 0.2) is 0 Å². The van der Waals surface area contributed by atoms with Crippen LogP contribution in [0.25, 0.3) is 0 Å². The van der Waals surface area contributed by atoms with Gasteiger partial charge in [-0.2, -0.15) is 0 Å². The molecular weight excluding hydrogens is 268 g/mol. The van der Waals surface area contributed by atoms with E-state index in [4.69, 9.17) is 11.6 Å². The maximum atomic E-state index is 5.81. The van der Waals surface area contributed by atoms with Crippen molar-refractivity contribution < 1.29 is 17.1 Å². The van der Waals surface area contributed by atoms with Crippen LogP contribution in [0, 0.1) is 0 Å². The van der Waals surface area contributed by atoms with Crippen LogP contribution in [-0.2, 0) is 0 Å². The number of benzene rings is 1. The van der Waals surface area contributed by atoms with Crippen LogP contribution in [0.4, 0.5) is 5.69 Å². The second kappa shape index (κ2) is 4.03. The van der Waals surface area contributed by atoms with E-state index in [1.165, 1.54) is 10.1 Å². The number of hydrogen-bond acceptors (Lipinski definition) is 1. The molecule has 0 fully saturated rings. The van der Waals surface area contributed by atoms with Crippen molar-refractivity contribution in [1.29, 1.82) is 0 Å². The Morgan fingerprint density at radius 3 is 3.09 bits per heavy atom. The van der Waals surface area contributed by atoms with Gasteiger partial charge >= 0.3 is 73.9 Å². The number of hydrogen-bond donors (Lipinski definition) is 1. The maximum absolute atomic E-state index is 5.81. The number of nitrogens with two attached hydrogens (primary N) is 1. The topological polar surface area (TPSA) is 16.6 Å². The van der Waals surface area contributed by atoms with E-state index < -0.39 is 0 Å². The Labute approximate surface area is 86.0 Å². The molecule has 0 saturated heterocycles. The van der Waals surface area contributed by atoms with Gasteiger partial charge in [-0.15, -0.1) is 0 Å². The van der Waals surface area contributed by atoms with Gasteiger partial charge in [-0.1, -0.05) is 0 Å². The van der Waals surface area contributed by atoms with Gasteiger partial charge in [-0.3, -0.25) is 0 Å². The van der Waals surface area contributed by atoms with Gasteiger partial charge < -0.3 is 12.4 Å². The Morgan fingerprint density at radius 1 is 1.45 bits per heavy atom. The van der Waals surface area contributed by atoms with Crippen LogP contribution in [0.15, 0.2) is 18.2 Å². The molecule has 5 heteroatoms. The normalized spacial score (nSPS) is 13.9. The molecule has 0 unspecified atom stereocenters. The summed E-state index contributed by atoms with van der Waals surface area (Å²) in [6.45, 7) is 0. The van der Waals surface area contributed by atoms with Crippen molar-refractivity contribution in [2.45, 2.75) is 0 Å². The molecule has 0 spiro atoms. The van der Waals surface area contributed by atoms with E-state index >= 15 is 0 Å². The molecule has 0 bridgehead atoms. The Morgan fingerprint density at radius 2 is 2.27 bits per heavy atom. The van der Waals surface area contributed by atoms with E-state index in [0.29, 0.717) is 13.8 Å². The van der Waals surface area contributed by atoms with E-state index in [9.17, 15) is 0 Å². The molecular formula is C6H5Cl2NSSe. The van der Waals surface area contributed by atoms with E-state index in [1.807, 2.05) is 16.4 Å². The third-order valence-electron chi connectivity index (χ3n) is 1.29. The molecule has 11 heavy (non-hydrogen) atoms. The molecule has 1 aliphatic heterocycles. The summed E-state index contributed by atoms with van der Waals surface area (Å²) in [4.78, 5) is 0. The smallest absolute Gasteiger partial charge is 1.00 e. The van der Waals surface area contributed by atoms with Crippen LogP contribution >= 0.6 is 22.0 Å². The first kappa shape index (κ1) is 9.72. The number of fused-ring (bicyclic) bond motifs is 1. The molecule has 0 amide bonds. The maximum Gasteiger partial charge on any atom is -1.00 e. The van der Waals surface area contributed by atoms with E-state index in [0.717, 1.165) is 5.02 Å². The van der Waals surface area contributed by atoms with Crippen molar-refractivity contribution in [3.63, 3.8) is 0 Å². The fraction of sp³-hybridized carbons (Fsp3) is 0. The molecule has 1 aromatic carbocycles. The fourth-order valence-corrected chi connectivity index (χ4v) is 4.95. The molecule has 0 aromatic heterocycles. The quantitative estimate of drug-likeness (QED) is 0.313. The average molecular weight is 273 g/mol. The minimum Gasteiger partial charge on any atom is -1.00 e. The first-order valence-corrected chi connectivity index (χ1v) is 6.96. The molecule has 1 heterocycles. The standard InChI is InChI=1S/C6H4ClNSSe.ClH/c7-4-1-2-5-6(3-4)10-9-8-5;/h1-3,8H;1H. The molecule has 1 nitrogen and oxygen atoms in total. The van der Waals surface area contributed by atoms with Crippen molar-refractivity contribution in [1.82, 2.24) is 0 Å². The van der Waals surface area contributed by atoms with Crippen molar-refractivity contribution in [3.05, 3.63) is 23.2 Å². The van der Waals surface area contributed by atoms with Gasteiger partial charge in [0, 0.05) is 0 Å².